The molecule has 2 aromatic heterocycles. The fraction of sp³-hybridized carbons (Fsp3) is 0. The Morgan fingerprint density at radius 2 is 1.87 bits per heavy atom. The Kier molecular flexibility index (Phi) is 1.42. The van der Waals surface area contributed by atoms with E-state index < -0.39 is 0 Å². The number of aromatic hydroxyl groups is 2. The number of phenols is 2. The van der Waals surface area contributed by atoms with Crippen molar-refractivity contribution in [1.29, 1.82) is 0 Å². The summed E-state index contributed by atoms with van der Waals surface area (Å²) in [6.45, 7) is 0. The Morgan fingerprint density at radius 3 is 2.73 bits per heavy atom. The van der Waals surface area contributed by atoms with Crippen molar-refractivity contribution in [3.8, 4) is 11.5 Å². The zero-order chi connectivity index (χ0) is 10.4. The van der Waals surface area contributed by atoms with Gasteiger partial charge < -0.3 is 10.2 Å². The summed E-state index contributed by atoms with van der Waals surface area (Å²) in [6.07, 6.45) is 1.86. The summed E-state index contributed by atoms with van der Waals surface area (Å²) in [5.74, 6) is -0.279. The van der Waals surface area contributed by atoms with Crippen molar-refractivity contribution < 1.29 is 10.2 Å². The zero-order valence-corrected chi connectivity index (χ0v) is 7.75. The van der Waals surface area contributed by atoms with E-state index >= 15 is 0 Å². The van der Waals surface area contributed by atoms with Crippen molar-refractivity contribution in [3.05, 3.63) is 36.5 Å². The fourth-order valence-corrected chi connectivity index (χ4v) is 1.69. The molecule has 74 valence electrons. The molecule has 0 saturated carbocycles. The van der Waals surface area contributed by atoms with Crippen LogP contribution in [0.25, 0.3) is 16.7 Å². The van der Waals surface area contributed by atoms with E-state index in [-0.39, 0.29) is 11.5 Å². The van der Waals surface area contributed by atoms with Gasteiger partial charge in [-0.2, -0.15) is 0 Å². The summed E-state index contributed by atoms with van der Waals surface area (Å²) in [6, 6.07) is 8.61. The van der Waals surface area contributed by atoms with E-state index in [1.165, 1.54) is 12.1 Å². The second kappa shape index (κ2) is 2.63. The van der Waals surface area contributed by atoms with Gasteiger partial charge in [0, 0.05) is 18.3 Å². The normalized spacial score (nSPS) is 11.2. The van der Waals surface area contributed by atoms with Crippen LogP contribution in [0.15, 0.2) is 36.5 Å². The number of fused-ring (bicyclic) bond motifs is 3. The van der Waals surface area contributed by atoms with Crippen LogP contribution >= 0.6 is 0 Å². The van der Waals surface area contributed by atoms with Gasteiger partial charge in [0.2, 0.25) is 0 Å². The number of pyridine rings is 1. The van der Waals surface area contributed by atoms with Gasteiger partial charge in [0.05, 0.1) is 11.0 Å². The summed E-state index contributed by atoms with van der Waals surface area (Å²) in [5.41, 5.74) is 2.23. The first-order valence-corrected chi connectivity index (χ1v) is 4.54. The van der Waals surface area contributed by atoms with Crippen molar-refractivity contribution in [2.24, 2.45) is 0 Å². The van der Waals surface area contributed by atoms with Gasteiger partial charge in [-0.15, -0.1) is 0 Å². The van der Waals surface area contributed by atoms with Crippen LogP contribution in [-0.2, 0) is 0 Å². The number of nitrogens with zero attached hydrogens (tertiary/aromatic N) is 2. The third kappa shape index (κ3) is 1.05. The highest BCUT2D eigenvalue weighted by Crippen LogP contribution is 2.30. The van der Waals surface area contributed by atoms with Gasteiger partial charge in [0.1, 0.15) is 5.65 Å². The monoisotopic (exact) mass is 200 g/mol. The molecule has 2 heterocycles. The quantitative estimate of drug-likeness (QED) is 0.545. The van der Waals surface area contributed by atoms with Crippen molar-refractivity contribution in [1.82, 2.24) is 9.38 Å². The molecular weight excluding hydrogens is 192 g/mol. The number of phenolic OH excluding ortho intramolecular Hbond substituents is 2. The van der Waals surface area contributed by atoms with Crippen molar-refractivity contribution >= 4 is 16.7 Å². The van der Waals surface area contributed by atoms with Crippen molar-refractivity contribution in [2.75, 3.05) is 0 Å². The Bertz CT molecular complexity index is 658. The SMILES string of the molecule is Oc1cc2nc3ccccn3c2cc1O. The van der Waals surface area contributed by atoms with Gasteiger partial charge in [0.25, 0.3) is 0 Å². The first-order chi connectivity index (χ1) is 7.25. The summed E-state index contributed by atoms with van der Waals surface area (Å²) in [4.78, 5) is 4.31. The molecule has 0 bridgehead atoms. The van der Waals surface area contributed by atoms with Gasteiger partial charge >= 0.3 is 0 Å². The van der Waals surface area contributed by atoms with Crippen LogP contribution in [0.2, 0.25) is 0 Å². The molecule has 0 aliphatic rings. The molecule has 0 radical (unpaired) electrons. The molecule has 15 heavy (non-hydrogen) atoms. The zero-order valence-electron chi connectivity index (χ0n) is 7.75. The first kappa shape index (κ1) is 8.11. The van der Waals surface area contributed by atoms with Crippen LogP contribution in [-0.4, -0.2) is 19.6 Å². The first-order valence-electron chi connectivity index (χ1n) is 4.54. The summed E-state index contributed by atoms with van der Waals surface area (Å²) in [5, 5.41) is 18.7. The predicted octanol–water partition coefficient (Wildman–Crippen LogP) is 1.90. The topological polar surface area (TPSA) is 57.8 Å². The van der Waals surface area contributed by atoms with Crippen LogP contribution in [0.4, 0.5) is 0 Å². The smallest absolute Gasteiger partial charge is 0.159 e. The summed E-state index contributed by atoms with van der Waals surface area (Å²) >= 11 is 0. The van der Waals surface area contributed by atoms with Crippen LogP contribution in [0.5, 0.6) is 11.5 Å². The minimum atomic E-state index is -0.147. The lowest BCUT2D eigenvalue weighted by molar-refractivity contribution is 0.404. The molecule has 4 heteroatoms. The lowest BCUT2D eigenvalue weighted by Crippen LogP contribution is -1.81. The number of rotatable bonds is 0. The predicted molar refractivity (Wildman–Crippen MR) is 56.0 cm³/mol. The van der Waals surface area contributed by atoms with E-state index in [9.17, 15) is 10.2 Å². The molecule has 0 aliphatic carbocycles. The maximum Gasteiger partial charge on any atom is 0.159 e. The second-order valence-corrected chi connectivity index (χ2v) is 3.37. The molecule has 3 aromatic rings. The van der Waals surface area contributed by atoms with E-state index in [2.05, 4.69) is 4.98 Å². The van der Waals surface area contributed by atoms with E-state index in [1.807, 2.05) is 28.8 Å². The number of hydrogen-bond acceptors (Lipinski definition) is 3. The molecule has 0 aliphatic heterocycles. The molecule has 4 nitrogen and oxygen atoms in total. The van der Waals surface area contributed by atoms with E-state index in [0.29, 0.717) is 5.52 Å². The highest BCUT2D eigenvalue weighted by atomic mass is 16.3. The number of benzene rings is 1. The minimum Gasteiger partial charge on any atom is -0.504 e. The lowest BCUT2D eigenvalue weighted by Gasteiger charge is -1.97. The fourth-order valence-electron chi connectivity index (χ4n) is 1.69. The molecule has 1 aromatic carbocycles. The largest absolute Gasteiger partial charge is 0.504 e. The average molecular weight is 200 g/mol. The number of aromatic nitrogens is 2. The Hall–Kier alpha value is -2.23. The van der Waals surface area contributed by atoms with Gasteiger partial charge in [-0.25, -0.2) is 4.98 Å². The molecule has 0 fully saturated rings. The number of imidazole rings is 1. The van der Waals surface area contributed by atoms with Gasteiger partial charge in [-0.3, -0.25) is 4.40 Å². The van der Waals surface area contributed by atoms with Crippen molar-refractivity contribution in [3.63, 3.8) is 0 Å². The van der Waals surface area contributed by atoms with Crippen LogP contribution < -0.4 is 0 Å². The maximum atomic E-state index is 9.40. The van der Waals surface area contributed by atoms with Crippen LogP contribution in [0.3, 0.4) is 0 Å². The van der Waals surface area contributed by atoms with E-state index in [4.69, 9.17) is 0 Å². The lowest BCUT2D eigenvalue weighted by atomic mass is 10.3. The maximum absolute atomic E-state index is 9.40. The molecule has 0 unspecified atom stereocenters. The van der Waals surface area contributed by atoms with E-state index in [1.54, 1.807) is 0 Å². The molecular formula is C11H8N2O2. The van der Waals surface area contributed by atoms with Gasteiger partial charge in [-0.05, 0) is 12.1 Å². The molecule has 0 saturated heterocycles. The van der Waals surface area contributed by atoms with E-state index in [0.717, 1.165) is 11.2 Å². The standard InChI is InChI=1S/C11H8N2O2/c14-9-5-7-8(6-10(9)15)13-4-2-1-3-11(13)12-7/h1-6,14-15H. The Labute approximate surface area is 85.0 Å². The number of hydrogen-bond donors (Lipinski definition) is 2. The van der Waals surface area contributed by atoms with Gasteiger partial charge in [-0.1, -0.05) is 6.07 Å². The van der Waals surface area contributed by atoms with Gasteiger partial charge in [0.15, 0.2) is 11.5 Å². The Morgan fingerprint density at radius 1 is 1.07 bits per heavy atom. The van der Waals surface area contributed by atoms with Crippen molar-refractivity contribution in [2.45, 2.75) is 0 Å². The average Bonchev–Trinajstić information content (AvgIpc) is 2.57. The highest BCUT2D eigenvalue weighted by Gasteiger charge is 2.07. The molecule has 3 rings (SSSR count). The third-order valence-electron chi connectivity index (χ3n) is 2.40. The highest BCUT2D eigenvalue weighted by molar-refractivity contribution is 5.83. The molecule has 0 spiro atoms. The van der Waals surface area contributed by atoms with Crippen LogP contribution in [0, 0.1) is 0 Å². The molecule has 2 N–H and O–H groups in total. The molecule has 0 atom stereocenters. The Balaban J connectivity index is 2.56. The summed E-state index contributed by atoms with van der Waals surface area (Å²) in [7, 11) is 0. The van der Waals surface area contributed by atoms with Crippen LogP contribution in [0.1, 0.15) is 0 Å². The summed E-state index contributed by atoms with van der Waals surface area (Å²) < 4.78 is 1.86. The second-order valence-electron chi connectivity index (χ2n) is 3.37. The minimum absolute atomic E-state index is 0.131. The third-order valence-corrected chi connectivity index (χ3v) is 2.40. The molecule has 0 amide bonds.